The van der Waals surface area contributed by atoms with Crippen LogP contribution in [-0.2, 0) is 13.0 Å². The highest BCUT2D eigenvalue weighted by molar-refractivity contribution is 7.16. The number of rotatable bonds is 5. The fraction of sp³-hybridized carbons (Fsp3) is 0.312. The number of nitrogens with one attached hydrogen (secondary N) is 1. The molecule has 0 radical (unpaired) electrons. The predicted molar refractivity (Wildman–Crippen MR) is 90.2 cm³/mol. The minimum absolute atomic E-state index is 0.242. The minimum Gasteiger partial charge on any atom is -0.312 e. The highest BCUT2D eigenvalue weighted by Crippen LogP contribution is 2.30. The molecule has 0 aliphatic rings. The van der Waals surface area contributed by atoms with E-state index in [2.05, 4.69) is 47.3 Å². The molecule has 2 heterocycles. The molecule has 3 rings (SSSR count). The smallest absolute Gasteiger partial charge is 0.0931 e. The summed E-state index contributed by atoms with van der Waals surface area (Å²) in [4.78, 5) is 1.25. The summed E-state index contributed by atoms with van der Waals surface area (Å²) in [5, 5.41) is 9.39. The minimum atomic E-state index is 0.242. The van der Waals surface area contributed by atoms with E-state index in [1.165, 1.54) is 15.8 Å². The van der Waals surface area contributed by atoms with Gasteiger partial charge < -0.3 is 5.32 Å². The van der Waals surface area contributed by atoms with Crippen molar-refractivity contribution in [3.8, 4) is 0 Å². The number of hydrogen-bond donors (Lipinski definition) is 1. The van der Waals surface area contributed by atoms with Crippen molar-refractivity contribution in [3.05, 3.63) is 51.3 Å². The Morgan fingerprint density at radius 3 is 2.76 bits per heavy atom. The molecule has 0 saturated carbocycles. The lowest BCUT2D eigenvalue weighted by Crippen LogP contribution is -2.18. The number of likely N-dealkylation sites (N-methyl/N-ethyl adjacent to an activating group) is 1. The van der Waals surface area contributed by atoms with Gasteiger partial charge in [0.2, 0.25) is 0 Å². The molecule has 110 valence electrons. The normalized spacial score (nSPS) is 12.9. The average Bonchev–Trinajstić information content (AvgIpc) is 3.09. The Labute approximate surface area is 133 Å². The number of benzene rings is 1. The molecule has 0 aliphatic carbocycles. The van der Waals surface area contributed by atoms with E-state index in [-0.39, 0.29) is 6.04 Å². The quantitative estimate of drug-likeness (QED) is 0.761. The van der Waals surface area contributed by atoms with Crippen LogP contribution in [0.4, 0.5) is 0 Å². The number of aryl methyl sites for hydroxylation is 1. The van der Waals surface area contributed by atoms with Gasteiger partial charge in [-0.05, 0) is 32.2 Å². The molecule has 3 nitrogen and oxygen atoms in total. The maximum atomic E-state index is 6.06. The maximum absolute atomic E-state index is 6.06. The summed E-state index contributed by atoms with van der Waals surface area (Å²) in [6.07, 6.45) is 0.862. The van der Waals surface area contributed by atoms with Crippen LogP contribution in [-0.4, -0.2) is 16.8 Å². The van der Waals surface area contributed by atoms with Gasteiger partial charge >= 0.3 is 0 Å². The van der Waals surface area contributed by atoms with E-state index in [0.29, 0.717) is 0 Å². The van der Waals surface area contributed by atoms with Crippen LogP contribution in [0.3, 0.4) is 0 Å². The lowest BCUT2D eigenvalue weighted by Gasteiger charge is -2.13. The molecule has 0 bridgehead atoms. The van der Waals surface area contributed by atoms with Crippen molar-refractivity contribution in [3.63, 3.8) is 0 Å². The molecular weight excluding hydrogens is 302 g/mol. The van der Waals surface area contributed by atoms with Gasteiger partial charge in [-0.2, -0.15) is 5.10 Å². The van der Waals surface area contributed by atoms with Gasteiger partial charge in [-0.25, -0.2) is 0 Å². The van der Waals surface area contributed by atoms with Crippen molar-refractivity contribution in [2.75, 3.05) is 7.05 Å². The van der Waals surface area contributed by atoms with Crippen LogP contribution in [0.1, 0.15) is 23.5 Å². The third-order valence-corrected chi connectivity index (χ3v) is 5.06. The van der Waals surface area contributed by atoms with E-state index in [4.69, 9.17) is 16.7 Å². The first-order chi connectivity index (χ1) is 10.2. The average molecular weight is 320 g/mol. The van der Waals surface area contributed by atoms with Crippen LogP contribution < -0.4 is 5.32 Å². The Balaban J connectivity index is 1.97. The number of hydrogen-bond acceptors (Lipinski definition) is 3. The van der Waals surface area contributed by atoms with Crippen LogP contribution >= 0.6 is 22.9 Å². The molecular formula is C16H18ClN3S. The van der Waals surface area contributed by atoms with Crippen LogP contribution in [0.15, 0.2) is 36.4 Å². The zero-order valence-corrected chi connectivity index (χ0v) is 13.7. The molecule has 0 amide bonds. The second kappa shape index (κ2) is 6.18. The van der Waals surface area contributed by atoms with E-state index in [1.54, 1.807) is 11.3 Å². The van der Waals surface area contributed by atoms with Gasteiger partial charge in [0.25, 0.3) is 0 Å². The number of aromatic nitrogens is 2. The van der Waals surface area contributed by atoms with Gasteiger partial charge in [0.15, 0.2) is 0 Å². The number of para-hydroxylation sites is 1. The van der Waals surface area contributed by atoms with Gasteiger partial charge in [0.1, 0.15) is 0 Å². The molecule has 2 aromatic heterocycles. The molecule has 21 heavy (non-hydrogen) atoms. The fourth-order valence-electron chi connectivity index (χ4n) is 2.64. The molecule has 1 atom stereocenters. The summed E-state index contributed by atoms with van der Waals surface area (Å²) < 4.78 is 2.90. The molecule has 1 aromatic carbocycles. The van der Waals surface area contributed by atoms with Crippen LogP contribution in [0, 0.1) is 0 Å². The first-order valence-corrected chi connectivity index (χ1v) is 8.29. The monoisotopic (exact) mass is 319 g/mol. The first kappa shape index (κ1) is 14.6. The number of fused-ring (bicyclic) bond motifs is 1. The predicted octanol–water partition coefficient (Wildman–Crippen LogP) is 4.27. The van der Waals surface area contributed by atoms with E-state index in [0.717, 1.165) is 23.0 Å². The molecule has 0 aliphatic heterocycles. The standard InChI is InChI=1S/C16H18ClN3S/c1-3-20-14-7-5-4-6-11(14)12(19-20)10-13(18-2)15-8-9-16(17)21-15/h4-9,13,18H,3,10H2,1-2H3. The van der Waals surface area contributed by atoms with Gasteiger partial charge in [-0.15, -0.1) is 11.3 Å². The van der Waals surface area contributed by atoms with Crippen LogP contribution in [0.5, 0.6) is 0 Å². The molecule has 0 spiro atoms. The largest absolute Gasteiger partial charge is 0.312 e. The van der Waals surface area contributed by atoms with Crippen molar-refractivity contribution in [1.82, 2.24) is 15.1 Å². The maximum Gasteiger partial charge on any atom is 0.0931 e. The second-order valence-electron chi connectivity index (χ2n) is 4.97. The van der Waals surface area contributed by atoms with Crippen molar-refractivity contribution in [2.24, 2.45) is 0 Å². The van der Waals surface area contributed by atoms with Crippen molar-refractivity contribution in [1.29, 1.82) is 0 Å². The SMILES string of the molecule is CCn1nc(CC(NC)c2ccc(Cl)s2)c2ccccc21. The summed E-state index contributed by atoms with van der Waals surface area (Å²) >= 11 is 7.68. The summed E-state index contributed by atoms with van der Waals surface area (Å²) in [6.45, 7) is 3.01. The molecule has 1 N–H and O–H groups in total. The Hall–Kier alpha value is -1.36. The lowest BCUT2D eigenvalue weighted by molar-refractivity contribution is 0.580. The lowest BCUT2D eigenvalue weighted by atomic mass is 10.1. The molecule has 0 saturated heterocycles. The summed E-state index contributed by atoms with van der Waals surface area (Å²) in [6, 6.07) is 12.7. The van der Waals surface area contributed by atoms with E-state index in [1.807, 2.05) is 13.1 Å². The van der Waals surface area contributed by atoms with Crippen molar-refractivity contribution >= 4 is 33.8 Å². The Morgan fingerprint density at radius 2 is 2.10 bits per heavy atom. The third-order valence-electron chi connectivity index (χ3n) is 3.72. The number of nitrogens with zero attached hydrogens (tertiary/aromatic N) is 2. The Kier molecular flexibility index (Phi) is 4.29. The summed E-state index contributed by atoms with van der Waals surface area (Å²) in [5.74, 6) is 0. The fourth-order valence-corrected chi connectivity index (χ4v) is 3.81. The topological polar surface area (TPSA) is 29.9 Å². The van der Waals surface area contributed by atoms with Gasteiger partial charge in [-0.3, -0.25) is 4.68 Å². The zero-order chi connectivity index (χ0) is 14.8. The van der Waals surface area contributed by atoms with Crippen molar-refractivity contribution in [2.45, 2.75) is 25.9 Å². The van der Waals surface area contributed by atoms with Crippen LogP contribution in [0.25, 0.3) is 10.9 Å². The van der Waals surface area contributed by atoms with Gasteiger partial charge in [0, 0.05) is 29.3 Å². The van der Waals surface area contributed by atoms with Gasteiger partial charge in [-0.1, -0.05) is 29.8 Å². The Bertz CT molecular complexity index is 747. The second-order valence-corrected chi connectivity index (χ2v) is 6.71. The van der Waals surface area contributed by atoms with E-state index in [9.17, 15) is 0 Å². The highest BCUT2D eigenvalue weighted by Gasteiger charge is 2.17. The zero-order valence-electron chi connectivity index (χ0n) is 12.1. The number of halogens is 1. The molecule has 5 heteroatoms. The molecule has 1 unspecified atom stereocenters. The van der Waals surface area contributed by atoms with Crippen molar-refractivity contribution < 1.29 is 0 Å². The number of thiophene rings is 1. The highest BCUT2D eigenvalue weighted by atomic mass is 35.5. The third kappa shape index (κ3) is 2.84. The molecule has 0 fully saturated rings. The molecule has 3 aromatic rings. The van der Waals surface area contributed by atoms with E-state index >= 15 is 0 Å². The summed E-state index contributed by atoms with van der Waals surface area (Å²) in [7, 11) is 1.98. The first-order valence-electron chi connectivity index (χ1n) is 7.09. The van der Waals surface area contributed by atoms with Crippen LogP contribution in [0.2, 0.25) is 4.34 Å². The van der Waals surface area contributed by atoms with E-state index < -0.39 is 0 Å². The van der Waals surface area contributed by atoms with Gasteiger partial charge in [0.05, 0.1) is 15.5 Å². The Morgan fingerprint density at radius 1 is 1.29 bits per heavy atom. The summed E-state index contributed by atoms with van der Waals surface area (Å²) in [5.41, 5.74) is 2.34.